The highest BCUT2D eigenvalue weighted by Crippen LogP contribution is 2.40. The van der Waals surface area contributed by atoms with Crippen LogP contribution in [0.5, 0.6) is 5.75 Å². The summed E-state index contributed by atoms with van der Waals surface area (Å²) in [6.45, 7) is 6.53. The molecule has 0 saturated carbocycles. The number of non-ortho nitro benzene ring substituents is 1. The van der Waals surface area contributed by atoms with E-state index in [2.05, 4.69) is 5.32 Å². The summed E-state index contributed by atoms with van der Waals surface area (Å²) in [6.07, 6.45) is -1.67. The van der Waals surface area contributed by atoms with Crippen molar-refractivity contribution in [2.75, 3.05) is 5.75 Å². The van der Waals surface area contributed by atoms with Crippen molar-refractivity contribution < 1.29 is 38.3 Å². The molecule has 216 valence electrons. The second-order valence-corrected chi connectivity index (χ2v) is 11.5. The number of carbonyl (C=O) groups excluding carboxylic acids is 4. The van der Waals surface area contributed by atoms with Gasteiger partial charge in [-0.25, -0.2) is 9.59 Å². The topological polar surface area (TPSA) is 154 Å². The third kappa shape index (κ3) is 6.85. The van der Waals surface area contributed by atoms with E-state index in [1.807, 2.05) is 0 Å². The van der Waals surface area contributed by atoms with E-state index in [0.29, 0.717) is 16.9 Å². The minimum Gasteiger partial charge on any atom is -0.469 e. The van der Waals surface area contributed by atoms with Crippen molar-refractivity contribution in [1.82, 2.24) is 10.2 Å². The molecule has 2 aliphatic rings. The number of amides is 2. The molecule has 13 heteroatoms. The Kier molecular flexibility index (Phi) is 8.66. The quantitative estimate of drug-likeness (QED) is 0.153. The molecule has 12 nitrogen and oxygen atoms in total. The van der Waals surface area contributed by atoms with E-state index >= 15 is 0 Å². The predicted octanol–water partition coefficient (Wildman–Crippen LogP) is 3.10. The van der Waals surface area contributed by atoms with Gasteiger partial charge in [0.25, 0.3) is 23.6 Å². The second kappa shape index (κ2) is 12.0. The molecule has 41 heavy (non-hydrogen) atoms. The van der Waals surface area contributed by atoms with Gasteiger partial charge in [-0.3, -0.25) is 24.6 Å². The van der Waals surface area contributed by atoms with Crippen molar-refractivity contribution in [1.29, 1.82) is 0 Å². The van der Waals surface area contributed by atoms with Crippen molar-refractivity contribution in [3.05, 3.63) is 81.5 Å². The van der Waals surface area contributed by atoms with Gasteiger partial charge in [-0.2, -0.15) is 0 Å². The lowest BCUT2D eigenvalue weighted by atomic mass is 10.0. The number of benzene rings is 2. The average Bonchev–Trinajstić information content (AvgIpc) is 2.92. The molecule has 2 amide bonds. The van der Waals surface area contributed by atoms with E-state index in [-0.39, 0.29) is 23.7 Å². The molecule has 0 bridgehead atoms. The number of rotatable bonds is 9. The molecule has 1 unspecified atom stereocenters. The van der Waals surface area contributed by atoms with Gasteiger partial charge in [-0.05, 0) is 63.1 Å². The Labute approximate surface area is 240 Å². The highest BCUT2D eigenvalue weighted by Gasteiger charge is 2.55. The number of esters is 2. The molecule has 0 radical (unpaired) electrons. The monoisotopic (exact) mass is 583 g/mol. The maximum absolute atomic E-state index is 13.2. The lowest BCUT2D eigenvalue weighted by molar-refractivity contribution is -0.384. The zero-order chi connectivity index (χ0) is 29.9. The number of nitro groups is 1. The van der Waals surface area contributed by atoms with Crippen molar-refractivity contribution >= 4 is 41.2 Å². The van der Waals surface area contributed by atoms with Gasteiger partial charge < -0.3 is 19.5 Å². The molecule has 2 heterocycles. The Morgan fingerprint density at radius 2 is 1.78 bits per heavy atom. The number of nitro benzene ring substituents is 1. The van der Waals surface area contributed by atoms with Crippen LogP contribution >= 0.6 is 11.8 Å². The van der Waals surface area contributed by atoms with Crippen LogP contribution in [0.2, 0.25) is 0 Å². The highest BCUT2D eigenvalue weighted by atomic mass is 32.2. The third-order valence-electron chi connectivity index (χ3n) is 6.02. The Bertz CT molecular complexity index is 1390. The SMILES string of the molecule is CC1=C(C(=O)OCc2ccc([N+](=O)[O-])cc2)N2C(=O)[C@@H](NC(=O)C(Oc3ccccc3)C(=O)OC(C)(C)C)[C@@H]2SC1. The molecule has 1 N–H and O–H groups in total. The van der Waals surface area contributed by atoms with Crippen LogP contribution < -0.4 is 10.1 Å². The van der Waals surface area contributed by atoms with E-state index in [1.54, 1.807) is 58.0 Å². The van der Waals surface area contributed by atoms with Gasteiger partial charge in [0.15, 0.2) is 0 Å². The average molecular weight is 584 g/mol. The van der Waals surface area contributed by atoms with Crippen LogP contribution in [0.15, 0.2) is 65.9 Å². The second-order valence-electron chi connectivity index (χ2n) is 10.4. The van der Waals surface area contributed by atoms with Crippen LogP contribution in [0.25, 0.3) is 0 Å². The van der Waals surface area contributed by atoms with Crippen molar-refractivity contribution in [3.63, 3.8) is 0 Å². The van der Waals surface area contributed by atoms with Crippen molar-refractivity contribution in [3.8, 4) is 5.75 Å². The summed E-state index contributed by atoms with van der Waals surface area (Å²) in [4.78, 5) is 63.9. The summed E-state index contributed by atoms with van der Waals surface area (Å²) in [5.41, 5.74) is 0.264. The van der Waals surface area contributed by atoms with E-state index in [9.17, 15) is 29.3 Å². The number of thioether (sulfide) groups is 1. The van der Waals surface area contributed by atoms with Gasteiger partial charge in [-0.15, -0.1) is 11.8 Å². The first-order valence-corrected chi connectivity index (χ1v) is 13.7. The molecule has 2 aromatic carbocycles. The van der Waals surface area contributed by atoms with Crippen LogP contribution in [-0.2, 0) is 35.3 Å². The summed E-state index contributed by atoms with van der Waals surface area (Å²) in [5, 5.41) is 12.8. The number of fused-ring (bicyclic) bond motifs is 1. The molecular weight excluding hydrogens is 554 g/mol. The number of nitrogens with one attached hydrogen (secondary N) is 1. The molecule has 4 rings (SSSR count). The highest BCUT2D eigenvalue weighted by molar-refractivity contribution is 8.00. The van der Waals surface area contributed by atoms with Crippen LogP contribution in [0.4, 0.5) is 5.69 Å². The molecular formula is C28H29N3O9S. The zero-order valence-corrected chi connectivity index (χ0v) is 23.6. The summed E-state index contributed by atoms with van der Waals surface area (Å²) >= 11 is 1.35. The Morgan fingerprint density at radius 1 is 1.12 bits per heavy atom. The first-order valence-electron chi connectivity index (χ1n) is 12.7. The van der Waals surface area contributed by atoms with Crippen LogP contribution in [-0.4, -0.2) is 62.4 Å². The molecule has 0 spiro atoms. The smallest absolute Gasteiger partial charge is 0.357 e. The molecule has 0 aromatic heterocycles. The number of ether oxygens (including phenoxy) is 3. The van der Waals surface area contributed by atoms with Gasteiger partial charge in [0.1, 0.15) is 35.1 Å². The number of β-lactam (4-membered cyclic amide) rings is 1. The number of para-hydroxylation sites is 1. The van der Waals surface area contributed by atoms with E-state index < -0.39 is 51.8 Å². The Balaban J connectivity index is 1.43. The van der Waals surface area contributed by atoms with Crippen LogP contribution in [0.1, 0.15) is 33.3 Å². The molecule has 0 aliphatic carbocycles. The van der Waals surface area contributed by atoms with Gasteiger partial charge in [0, 0.05) is 17.9 Å². The minimum atomic E-state index is -1.67. The van der Waals surface area contributed by atoms with E-state index in [1.165, 1.54) is 40.9 Å². The van der Waals surface area contributed by atoms with Gasteiger partial charge >= 0.3 is 11.9 Å². The number of hydrogen-bond donors (Lipinski definition) is 1. The fraction of sp³-hybridized carbons (Fsp3) is 0.357. The van der Waals surface area contributed by atoms with Crippen LogP contribution in [0.3, 0.4) is 0 Å². The maximum Gasteiger partial charge on any atom is 0.357 e. The molecule has 1 saturated heterocycles. The minimum absolute atomic E-state index is 0.0791. The summed E-state index contributed by atoms with van der Waals surface area (Å²) < 4.78 is 16.4. The maximum atomic E-state index is 13.2. The van der Waals surface area contributed by atoms with Crippen LogP contribution in [0, 0.1) is 10.1 Å². The van der Waals surface area contributed by atoms with E-state index in [4.69, 9.17) is 14.2 Å². The van der Waals surface area contributed by atoms with Gasteiger partial charge in [-0.1, -0.05) is 18.2 Å². The predicted molar refractivity (Wildman–Crippen MR) is 147 cm³/mol. The third-order valence-corrected chi connectivity index (χ3v) is 7.45. The van der Waals surface area contributed by atoms with Gasteiger partial charge in [0.2, 0.25) is 0 Å². The molecule has 3 atom stereocenters. The summed E-state index contributed by atoms with van der Waals surface area (Å²) in [7, 11) is 0. The lowest BCUT2D eigenvalue weighted by Crippen LogP contribution is -2.71. The fourth-order valence-corrected chi connectivity index (χ4v) is 5.41. The fourth-order valence-electron chi connectivity index (χ4n) is 4.12. The molecule has 1 fully saturated rings. The Morgan fingerprint density at radius 3 is 2.39 bits per heavy atom. The van der Waals surface area contributed by atoms with E-state index in [0.717, 1.165) is 0 Å². The standard InChI is InChI=1S/C28H29N3O9S/c1-16-15-41-25-20(29-23(32)22(27(35)40-28(2,3)4)39-19-8-6-5-7-9-19)24(33)30(25)21(16)26(34)38-14-17-10-12-18(13-11-17)31(36)37/h5-13,20,22,25H,14-15H2,1-4H3,(H,29,32)/t20-,22?,25+/m1/s1. The Hall–Kier alpha value is -4.39. The van der Waals surface area contributed by atoms with Gasteiger partial charge in [0.05, 0.1) is 4.92 Å². The molecule has 2 aliphatic heterocycles. The van der Waals surface area contributed by atoms with Crippen molar-refractivity contribution in [2.24, 2.45) is 0 Å². The molecule has 2 aromatic rings. The first kappa shape index (κ1) is 29.6. The first-order chi connectivity index (χ1) is 19.4. The summed E-state index contributed by atoms with van der Waals surface area (Å²) in [6, 6.07) is 12.8. The zero-order valence-electron chi connectivity index (χ0n) is 22.8. The largest absolute Gasteiger partial charge is 0.469 e. The number of hydrogen-bond acceptors (Lipinski definition) is 10. The summed E-state index contributed by atoms with van der Waals surface area (Å²) in [5.74, 6) is -2.37. The number of nitrogens with zero attached hydrogens (tertiary/aromatic N) is 2. The lowest BCUT2D eigenvalue weighted by Gasteiger charge is -2.49. The number of carbonyl (C=O) groups is 4. The van der Waals surface area contributed by atoms with Crippen molar-refractivity contribution in [2.45, 2.75) is 57.4 Å². The normalized spacial score (nSPS) is 18.9.